The van der Waals surface area contributed by atoms with Crippen LogP contribution in [0.25, 0.3) is 0 Å². The Labute approximate surface area is 110 Å². The Balaban J connectivity index is 1.99. The highest BCUT2D eigenvalue weighted by atomic mass is 32.2. The molecule has 4 nitrogen and oxygen atoms in total. The van der Waals surface area contributed by atoms with Crippen LogP contribution in [0.15, 0.2) is 24.3 Å². The molecule has 0 radical (unpaired) electrons. The molecule has 0 saturated carbocycles. The molecule has 2 rings (SSSR count). The zero-order chi connectivity index (χ0) is 13.0. The number of aliphatic hydroxyl groups excluding tert-OH is 2. The second-order valence-corrected chi connectivity index (χ2v) is 5.58. The molecule has 1 aliphatic heterocycles. The molecule has 0 spiro atoms. The maximum Gasteiger partial charge on any atom is 0.237 e. The molecular weight excluding hydrogens is 250 g/mol. The van der Waals surface area contributed by atoms with E-state index in [1.54, 1.807) is 0 Å². The van der Waals surface area contributed by atoms with Gasteiger partial charge in [0, 0.05) is 11.4 Å². The summed E-state index contributed by atoms with van der Waals surface area (Å²) in [4.78, 5) is 12.0. The van der Waals surface area contributed by atoms with Crippen molar-refractivity contribution in [1.82, 2.24) is 0 Å². The quantitative estimate of drug-likeness (QED) is 0.762. The van der Waals surface area contributed by atoms with Crippen molar-refractivity contribution in [3.05, 3.63) is 29.8 Å². The fraction of sp³-hybridized carbons (Fsp3) is 0.462. The van der Waals surface area contributed by atoms with Crippen molar-refractivity contribution >= 4 is 23.4 Å². The van der Waals surface area contributed by atoms with Gasteiger partial charge in [0.15, 0.2) is 0 Å². The van der Waals surface area contributed by atoms with E-state index in [-0.39, 0.29) is 17.8 Å². The number of rotatable bonds is 4. The van der Waals surface area contributed by atoms with E-state index in [1.165, 1.54) is 11.8 Å². The molecule has 0 aromatic heterocycles. The second kappa shape index (κ2) is 6.22. The standard InChI is InChI=1S/C13H17NO3S/c15-7-10(16)8-18-12-6-5-9-3-1-2-4-11(9)14-13(12)17/h1-4,10,12,15-16H,5-8H2,(H,14,17). The van der Waals surface area contributed by atoms with Crippen LogP contribution in [0.4, 0.5) is 5.69 Å². The summed E-state index contributed by atoms with van der Waals surface area (Å²) in [6.07, 6.45) is 0.849. The highest BCUT2D eigenvalue weighted by Crippen LogP contribution is 2.27. The molecule has 18 heavy (non-hydrogen) atoms. The van der Waals surface area contributed by atoms with Crippen LogP contribution >= 0.6 is 11.8 Å². The smallest absolute Gasteiger partial charge is 0.237 e. The van der Waals surface area contributed by atoms with Gasteiger partial charge in [-0.1, -0.05) is 18.2 Å². The molecule has 1 aromatic rings. The summed E-state index contributed by atoms with van der Waals surface area (Å²) < 4.78 is 0. The Hall–Kier alpha value is -1.04. The topological polar surface area (TPSA) is 69.6 Å². The lowest BCUT2D eigenvalue weighted by Gasteiger charge is -2.14. The van der Waals surface area contributed by atoms with Gasteiger partial charge in [0.05, 0.1) is 18.0 Å². The number of carbonyl (C=O) groups excluding carboxylic acids is 1. The summed E-state index contributed by atoms with van der Waals surface area (Å²) >= 11 is 1.40. The first-order valence-electron chi connectivity index (χ1n) is 6.00. The van der Waals surface area contributed by atoms with Crippen molar-refractivity contribution in [1.29, 1.82) is 0 Å². The lowest BCUT2D eigenvalue weighted by molar-refractivity contribution is -0.115. The number of hydrogen-bond acceptors (Lipinski definition) is 4. The number of amides is 1. The summed E-state index contributed by atoms with van der Waals surface area (Å²) in [5.74, 6) is 0.361. The molecule has 1 aliphatic rings. The number of anilines is 1. The normalized spacial score (nSPS) is 20.8. The SMILES string of the molecule is O=C1Nc2ccccc2CCC1SCC(O)CO. The van der Waals surface area contributed by atoms with E-state index < -0.39 is 6.10 Å². The largest absolute Gasteiger partial charge is 0.394 e. The van der Waals surface area contributed by atoms with Crippen LogP contribution < -0.4 is 5.32 Å². The molecule has 1 heterocycles. The maximum atomic E-state index is 12.0. The van der Waals surface area contributed by atoms with Crippen LogP contribution in [0.1, 0.15) is 12.0 Å². The number of hydrogen-bond donors (Lipinski definition) is 3. The third-order valence-corrected chi connectivity index (χ3v) is 4.37. The van der Waals surface area contributed by atoms with Gasteiger partial charge >= 0.3 is 0 Å². The molecule has 0 fully saturated rings. The molecule has 0 aliphatic carbocycles. The number of thioether (sulfide) groups is 1. The van der Waals surface area contributed by atoms with Gasteiger partial charge in [-0.3, -0.25) is 4.79 Å². The molecule has 98 valence electrons. The van der Waals surface area contributed by atoms with E-state index in [9.17, 15) is 9.90 Å². The van der Waals surface area contributed by atoms with Gasteiger partial charge in [0.25, 0.3) is 0 Å². The highest BCUT2D eigenvalue weighted by molar-refractivity contribution is 8.00. The van der Waals surface area contributed by atoms with Gasteiger partial charge in [0.1, 0.15) is 0 Å². The first-order valence-corrected chi connectivity index (χ1v) is 7.05. The zero-order valence-corrected chi connectivity index (χ0v) is 10.8. The Morgan fingerprint density at radius 3 is 3.00 bits per heavy atom. The molecule has 0 saturated heterocycles. The summed E-state index contributed by atoms with van der Waals surface area (Å²) in [6, 6.07) is 7.80. The van der Waals surface area contributed by atoms with Crippen LogP contribution in [0.2, 0.25) is 0 Å². The summed E-state index contributed by atoms with van der Waals surface area (Å²) in [5.41, 5.74) is 2.03. The predicted molar refractivity (Wildman–Crippen MR) is 72.7 cm³/mol. The summed E-state index contributed by atoms with van der Waals surface area (Å²) in [5, 5.41) is 20.8. The second-order valence-electron chi connectivity index (χ2n) is 4.34. The van der Waals surface area contributed by atoms with Gasteiger partial charge in [-0.05, 0) is 24.5 Å². The van der Waals surface area contributed by atoms with Crippen LogP contribution in [0.5, 0.6) is 0 Å². The highest BCUT2D eigenvalue weighted by Gasteiger charge is 2.24. The molecule has 2 atom stereocenters. The minimum atomic E-state index is -0.756. The third kappa shape index (κ3) is 3.25. The van der Waals surface area contributed by atoms with E-state index in [0.717, 1.165) is 24.1 Å². The number of nitrogens with one attached hydrogen (secondary N) is 1. The van der Waals surface area contributed by atoms with Crippen molar-refractivity contribution in [2.45, 2.75) is 24.2 Å². The third-order valence-electron chi connectivity index (χ3n) is 2.94. The number of benzene rings is 1. The molecule has 2 unspecified atom stereocenters. The van der Waals surface area contributed by atoms with Crippen molar-refractivity contribution in [2.24, 2.45) is 0 Å². The first kappa shape index (κ1) is 13.4. The minimum absolute atomic E-state index is 0.0184. The van der Waals surface area contributed by atoms with E-state index in [4.69, 9.17) is 5.11 Å². The minimum Gasteiger partial charge on any atom is -0.394 e. The number of carbonyl (C=O) groups is 1. The lowest BCUT2D eigenvalue weighted by atomic mass is 10.1. The fourth-order valence-corrected chi connectivity index (χ4v) is 2.98. The zero-order valence-electron chi connectivity index (χ0n) is 10.0. The number of fused-ring (bicyclic) bond motifs is 1. The molecule has 3 N–H and O–H groups in total. The average Bonchev–Trinajstić information content (AvgIpc) is 2.54. The molecule has 5 heteroatoms. The molecular formula is C13H17NO3S. The van der Waals surface area contributed by atoms with Gasteiger partial charge in [-0.15, -0.1) is 11.8 Å². The molecule has 1 aromatic carbocycles. The number of aliphatic hydroxyl groups is 2. The number of aryl methyl sites for hydroxylation is 1. The van der Waals surface area contributed by atoms with E-state index in [0.29, 0.717) is 5.75 Å². The van der Waals surface area contributed by atoms with Crippen LogP contribution in [0, 0.1) is 0 Å². The number of para-hydroxylation sites is 1. The van der Waals surface area contributed by atoms with Gasteiger partial charge < -0.3 is 15.5 Å². The van der Waals surface area contributed by atoms with E-state index in [2.05, 4.69) is 5.32 Å². The monoisotopic (exact) mass is 267 g/mol. The van der Waals surface area contributed by atoms with Crippen molar-refractivity contribution in [2.75, 3.05) is 17.7 Å². The lowest BCUT2D eigenvalue weighted by Crippen LogP contribution is -2.26. The molecule has 0 bridgehead atoms. The summed E-state index contributed by atoms with van der Waals surface area (Å²) in [6.45, 7) is -0.262. The van der Waals surface area contributed by atoms with Crippen LogP contribution in [-0.4, -0.2) is 39.8 Å². The average molecular weight is 267 g/mol. The van der Waals surface area contributed by atoms with Gasteiger partial charge in [-0.2, -0.15) is 0 Å². The Morgan fingerprint density at radius 2 is 2.22 bits per heavy atom. The van der Waals surface area contributed by atoms with Crippen molar-refractivity contribution in [3.8, 4) is 0 Å². The van der Waals surface area contributed by atoms with Gasteiger partial charge in [0.2, 0.25) is 5.91 Å². The van der Waals surface area contributed by atoms with E-state index in [1.807, 2.05) is 24.3 Å². The van der Waals surface area contributed by atoms with Crippen molar-refractivity contribution < 1.29 is 15.0 Å². The Bertz CT molecular complexity index is 424. The fourth-order valence-electron chi connectivity index (χ4n) is 1.93. The van der Waals surface area contributed by atoms with Gasteiger partial charge in [-0.25, -0.2) is 0 Å². The maximum absolute atomic E-state index is 12.0. The van der Waals surface area contributed by atoms with Crippen LogP contribution in [0.3, 0.4) is 0 Å². The van der Waals surface area contributed by atoms with Crippen LogP contribution in [-0.2, 0) is 11.2 Å². The predicted octanol–water partition coefficient (Wildman–Crippen LogP) is 1.03. The molecule has 1 amide bonds. The Kier molecular flexibility index (Phi) is 4.63. The van der Waals surface area contributed by atoms with E-state index >= 15 is 0 Å². The first-order chi connectivity index (χ1) is 8.70. The van der Waals surface area contributed by atoms with Crippen molar-refractivity contribution in [3.63, 3.8) is 0 Å². The summed E-state index contributed by atoms with van der Waals surface area (Å²) in [7, 11) is 0. The Morgan fingerprint density at radius 1 is 1.44 bits per heavy atom.